The van der Waals surface area contributed by atoms with E-state index in [2.05, 4.69) is 0 Å². The molecule has 0 atom stereocenters. The second kappa shape index (κ2) is 7.47. The Morgan fingerprint density at radius 3 is 2.71 bits per heavy atom. The summed E-state index contributed by atoms with van der Waals surface area (Å²) < 4.78 is 11.8. The van der Waals surface area contributed by atoms with Crippen molar-refractivity contribution < 1.29 is 19.1 Å². The molecule has 4 rings (SSSR count). The van der Waals surface area contributed by atoms with Crippen molar-refractivity contribution in [3.05, 3.63) is 58.6 Å². The van der Waals surface area contributed by atoms with Crippen molar-refractivity contribution in [2.45, 2.75) is 31.8 Å². The van der Waals surface area contributed by atoms with Crippen molar-refractivity contribution in [1.29, 1.82) is 0 Å². The number of fused-ring (bicyclic) bond motifs is 1. The quantitative estimate of drug-likeness (QED) is 0.781. The van der Waals surface area contributed by atoms with Crippen molar-refractivity contribution in [3.8, 4) is 11.5 Å². The zero-order chi connectivity index (χ0) is 19.7. The molecule has 28 heavy (non-hydrogen) atoms. The summed E-state index contributed by atoms with van der Waals surface area (Å²) in [6, 6.07) is 12.7. The van der Waals surface area contributed by atoms with Gasteiger partial charge in [0.2, 0.25) is 0 Å². The van der Waals surface area contributed by atoms with Crippen LogP contribution >= 0.6 is 11.6 Å². The Labute approximate surface area is 169 Å². The number of nitrogens with zero attached hydrogens (tertiary/aromatic N) is 1. The molecule has 0 aliphatic carbocycles. The lowest BCUT2D eigenvalue weighted by atomic mass is 9.82. The van der Waals surface area contributed by atoms with Gasteiger partial charge in [-0.25, -0.2) is 0 Å². The summed E-state index contributed by atoms with van der Waals surface area (Å²) in [7, 11) is 0. The standard InChI is InChI=1S/C22H22ClNO4/c1-15-12-16(6-7-18(15)23)27-14-21(26)24-10-8-22(9-11-24)13-19(25)17-4-2-3-5-20(17)28-22/h2-7,12H,8-11,13-14H2,1H3. The van der Waals surface area contributed by atoms with Gasteiger partial charge in [-0.3, -0.25) is 9.59 Å². The van der Waals surface area contributed by atoms with Crippen LogP contribution in [0.4, 0.5) is 0 Å². The van der Waals surface area contributed by atoms with Crippen LogP contribution < -0.4 is 9.47 Å². The Hall–Kier alpha value is -2.53. The fraction of sp³-hybridized carbons (Fsp3) is 0.364. The van der Waals surface area contributed by atoms with Crippen LogP contribution in [0.15, 0.2) is 42.5 Å². The zero-order valence-electron chi connectivity index (χ0n) is 15.7. The summed E-state index contributed by atoms with van der Waals surface area (Å²) in [4.78, 5) is 26.8. The molecule has 2 aliphatic rings. The number of carbonyl (C=O) groups excluding carboxylic acids is 2. The number of halogens is 1. The highest BCUT2D eigenvalue weighted by atomic mass is 35.5. The second-order valence-corrected chi connectivity index (χ2v) is 7.87. The van der Waals surface area contributed by atoms with Gasteiger partial charge >= 0.3 is 0 Å². The van der Waals surface area contributed by atoms with E-state index in [-0.39, 0.29) is 18.3 Å². The number of ether oxygens (including phenoxy) is 2. The van der Waals surface area contributed by atoms with Crippen molar-refractivity contribution in [1.82, 2.24) is 4.90 Å². The van der Waals surface area contributed by atoms with E-state index in [0.29, 0.717) is 54.4 Å². The molecule has 1 amide bonds. The first-order valence-electron chi connectivity index (χ1n) is 9.44. The minimum Gasteiger partial charge on any atom is -0.486 e. The van der Waals surface area contributed by atoms with E-state index in [4.69, 9.17) is 21.1 Å². The molecule has 146 valence electrons. The largest absolute Gasteiger partial charge is 0.486 e. The molecule has 1 saturated heterocycles. The summed E-state index contributed by atoms with van der Waals surface area (Å²) in [5.74, 6) is 1.33. The maximum absolute atomic E-state index is 12.5. The molecule has 2 aromatic carbocycles. The van der Waals surface area contributed by atoms with Gasteiger partial charge in [0.05, 0.1) is 12.0 Å². The Bertz CT molecular complexity index is 919. The van der Waals surface area contributed by atoms with Crippen LogP contribution in [0.2, 0.25) is 5.02 Å². The lowest BCUT2D eigenvalue weighted by molar-refractivity contribution is -0.136. The fourth-order valence-electron chi connectivity index (χ4n) is 3.83. The summed E-state index contributed by atoms with van der Waals surface area (Å²) in [6.45, 7) is 2.98. The number of ketones is 1. The van der Waals surface area contributed by atoms with Gasteiger partial charge in [-0.1, -0.05) is 23.7 Å². The zero-order valence-corrected chi connectivity index (χ0v) is 16.5. The van der Waals surface area contributed by atoms with Crippen LogP contribution in [0.3, 0.4) is 0 Å². The fourth-order valence-corrected chi connectivity index (χ4v) is 3.95. The third-order valence-electron chi connectivity index (χ3n) is 5.52. The van der Waals surface area contributed by atoms with Gasteiger partial charge in [0.15, 0.2) is 12.4 Å². The molecule has 0 aromatic heterocycles. The number of benzene rings is 2. The molecule has 6 heteroatoms. The SMILES string of the molecule is Cc1cc(OCC(=O)N2CCC3(CC2)CC(=O)c2ccccc2O3)ccc1Cl. The van der Waals surface area contributed by atoms with E-state index in [1.54, 1.807) is 23.1 Å². The van der Waals surface area contributed by atoms with E-state index < -0.39 is 5.60 Å². The molecule has 2 heterocycles. The first-order valence-corrected chi connectivity index (χ1v) is 9.82. The smallest absolute Gasteiger partial charge is 0.260 e. The first-order chi connectivity index (χ1) is 13.5. The molecule has 2 aromatic rings. The molecule has 2 aliphatic heterocycles. The van der Waals surface area contributed by atoms with Crippen LogP contribution in [-0.4, -0.2) is 41.9 Å². The average Bonchev–Trinajstić information content (AvgIpc) is 2.69. The Morgan fingerprint density at radius 2 is 1.96 bits per heavy atom. The molecular formula is C22H22ClNO4. The highest BCUT2D eigenvalue weighted by molar-refractivity contribution is 6.31. The van der Waals surface area contributed by atoms with E-state index >= 15 is 0 Å². The minimum atomic E-state index is -0.504. The highest BCUT2D eigenvalue weighted by Crippen LogP contribution is 2.39. The van der Waals surface area contributed by atoms with E-state index in [9.17, 15) is 9.59 Å². The molecule has 0 saturated carbocycles. The topological polar surface area (TPSA) is 55.8 Å². The highest BCUT2D eigenvalue weighted by Gasteiger charge is 2.43. The molecule has 0 bridgehead atoms. The maximum atomic E-state index is 12.5. The predicted molar refractivity (Wildman–Crippen MR) is 106 cm³/mol. The first kappa shape index (κ1) is 18.8. The molecular weight excluding hydrogens is 378 g/mol. The monoisotopic (exact) mass is 399 g/mol. The summed E-state index contributed by atoms with van der Waals surface area (Å²) in [5, 5.41) is 0.670. The van der Waals surface area contributed by atoms with Gasteiger partial charge in [-0.15, -0.1) is 0 Å². The Balaban J connectivity index is 1.34. The number of rotatable bonds is 3. The van der Waals surface area contributed by atoms with E-state index in [0.717, 1.165) is 5.56 Å². The van der Waals surface area contributed by atoms with Gasteiger partial charge in [-0.05, 0) is 42.8 Å². The van der Waals surface area contributed by atoms with Crippen LogP contribution in [0.5, 0.6) is 11.5 Å². The number of para-hydroxylation sites is 1. The summed E-state index contributed by atoms with van der Waals surface area (Å²) >= 11 is 6.01. The molecule has 0 unspecified atom stereocenters. The number of Topliss-reactive ketones (excluding diaryl/α,β-unsaturated/α-hetero) is 1. The number of likely N-dealkylation sites (tertiary alicyclic amines) is 1. The summed E-state index contributed by atoms with van der Waals surface area (Å²) in [6.07, 6.45) is 1.64. The van der Waals surface area contributed by atoms with E-state index in [1.165, 1.54) is 0 Å². The van der Waals surface area contributed by atoms with Crippen LogP contribution in [0, 0.1) is 6.92 Å². The van der Waals surface area contributed by atoms with Crippen molar-refractivity contribution in [2.24, 2.45) is 0 Å². The molecule has 0 radical (unpaired) electrons. The van der Waals surface area contributed by atoms with Crippen molar-refractivity contribution >= 4 is 23.3 Å². The van der Waals surface area contributed by atoms with Gasteiger partial charge in [-0.2, -0.15) is 0 Å². The lowest BCUT2D eigenvalue weighted by Crippen LogP contribution is -2.53. The maximum Gasteiger partial charge on any atom is 0.260 e. The van der Waals surface area contributed by atoms with E-state index in [1.807, 2.05) is 31.2 Å². The van der Waals surface area contributed by atoms with Gasteiger partial charge < -0.3 is 14.4 Å². The minimum absolute atomic E-state index is 0.0172. The predicted octanol–water partition coefficient (Wildman–Crippen LogP) is 4.05. The third-order valence-corrected chi connectivity index (χ3v) is 5.94. The Morgan fingerprint density at radius 1 is 1.21 bits per heavy atom. The van der Waals surface area contributed by atoms with Crippen LogP contribution in [0.1, 0.15) is 35.2 Å². The number of amides is 1. The van der Waals surface area contributed by atoms with Gasteiger partial charge in [0, 0.05) is 31.0 Å². The van der Waals surface area contributed by atoms with Crippen molar-refractivity contribution in [3.63, 3.8) is 0 Å². The molecule has 0 N–H and O–H groups in total. The lowest BCUT2D eigenvalue weighted by Gasteiger charge is -2.43. The van der Waals surface area contributed by atoms with Crippen LogP contribution in [-0.2, 0) is 4.79 Å². The van der Waals surface area contributed by atoms with Crippen molar-refractivity contribution in [2.75, 3.05) is 19.7 Å². The third kappa shape index (κ3) is 3.72. The van der Waals surface area contributed by atoms with Crippen LogP contribution in [0.25, 0.3) is 0 Å². The number of piperidine rings is 1. The normalized spacial score (nSPS) is 17.8. The number of hydrogen-bond donors (Lipinski definition) is 0. The molecule has 1 spiro atoms. The Kier molecular flexibility index (Phi) is 5.02. The number of carbonyl (C=O) groups is 2. The van der Waals surface area contributed by atoms with Gasteiger partial charge in [0.1, 0.15) is 17.1 Å². The van der Waals surface area contributed by atoms with Gasteiger partial charge in [0.25, 0.3) is 5.91 Å². The molecule has 5 nitrogen and oxygen atoms in total. The molecule has 1 fully saturated rings. The average molecular weight is 400 g/mol. The second-order valence-electron chi connectivity index (χ2n) is 7.46. The number of hydrogen-bond acceptors (Lipinski definition) is 4. The summed E-state index contributed by atoms with van der Waals surface area (Å²) in [5.41, 5.74) is 1.06. The number of aryl methyl sites for hydroxylation is 1.